The number of rotatable bonds is 12. The zero-order chi connectivity index (χ0) is 47.8. The average Bonchev–Trinajstić information content (AvgIpc) is 4.30. The molecular formula is C72H54. The Balaban J connectivity index is 1.16. The summed E-state index contributed by atoms with van der Waals surface area (Å²) in [6.45, 7) is 0. The highest BCUT2D eigenvalue weighted by Gasteiger charge is 2.30. The predicted molar refractivity (Wildman–Crippen MR) is 305 cm³/mol. The lowest BCUT2D eigenvalue weighted by atomic mass is 9.73. The summed E-state index contributed by atoms with van der Waals surface area (Å²) in [5, 5.41) is 0. The summed E-state index contributed by atoms with van der Waals surface area (Å²) in [5.74, 6) is 1.55. The fourth-order valence-corrected chi connectivity index (χ4v) is 11.6. The van der Waals surface area contributed by atoms with Crippen LogP contribution >= 0.6 is 0 Å². The molecule has 0 atom stereocenters. The number of hydrogen-bond donors (Lipinski definition) is 0. The van der Waals surface area contributed by atoms with E-state index in [2.05, 4.69) is 291 Å². The largest absolute Gasteiger partial charge is 0.0732 e. The summed E-state index contributed by atoms with van der Waals surface area (Å²) in [4.78, 5) is 0. The molecule has 72 heavy (non-hydrogen) atoms. The van der Waals surface area contributed by atoms with Crippen LogP contribution in [0.1, 0.15) is 68.9 Å². The van der Waals surface area contributed by atoms with E-state index < -0.39 is 0 Å². The Hall–Kier alpha value is -8.58. The van der Waals surface area contributed by atoms with Gasteiger partial charge in [0.2, 0.25) is 0 Å². The van der Waals surface area contributed by atoms with Gasteiger partial charge in [-0.3, -0.25) is 0 Å². The van der Waals surface area contributed by atoms with Gasteiger partial charge in [0.15, 0.2) is 0 Å². The quantitative estimate of drug-likeness (QED) is 0.115. The predicted octanol–water partition coefficient (Wildman–Crippen LogP) is 18.9. The van der Waals surface area contributed by atoms with Crippen molar-refractivity contribution in [2.75, 3.05) is 0 Å². The topological polar surface area (TPSA) is 0 Å². The minimum atomic E-state index is 0.258. The smallest absolute Gasteiger partial charge is 0.0204 e. The molecule has 0 aromatic heterocycles. The maximum atomic E-state index is 2.39. The molecule has 0 N–H and O–H groups in total. The molecule has 7 aromatic rings. The highest BCUT2D eigenvalue weighted by atomic mass is 14.3. The van der Waals surface area contributed by atoms with Crippen molar-refractivity contribution < 1.29 is 0 Å². The van der Waals surface area contributed by atoms with Crippen molar-refractivity contribution in [1.82, 2.24) is 0 Å². The van der Waals surface area contributed by atoms with Gasteiger partial charge >= 0.3 is 0 Å². The van der Waals surface area contributed by atoms with Crippen molar-refractivity contribution in [2.45, 2.75) is 35.5 Å². The molecular weight excluding hydrogens is 865 g/mol. The van der Waals surface area contributed by atoms with Crippen LogP contribution in [-0.4, -0.2) is 0 Å². The minimum absolute atomic E-state index is 0.258. The van der Waals surface area contributed by atoms with Crippen LogP contribution in [0.5, 0.6) is 0 Å². The SMILES string of the molecule is C1=CC(c2ccc(-c3c(-c4ccc(C5C=CC=C5)cc4)c(-c4ccc(C5C=CC=C5)cc4)c(-c4ccc(C5C=CC=C5)cc4)c(-c4ccc(C5C=CC=C5)cc4)c3-c3ccc(C4C=CC=C4)cc3)cc2)C=C1. The fraction of sp³-hybridized carbons (Fsp3) is 0.0833. The van der Waals surface area contributed by atoms with E-state index in [1.807, 2.05) is 0 Å². The Morgan fingerprint density at radius 2 is 0.250 bits per heavy atom. The lowest BCUT2D eigenvalue weighted by Gasteiger charge is -2.29. The summed E-state index contributed by atoms with van der Waals surface area (Å²) in [6, 6.07) is 56.8. The lowest BCUT2D eigenvalue weighted by Crippen LogP contribution is -2.03. The molecule has 0 amide bonds. The molecule has 0 nitrogen and oxygen atoms in total. The first kappa shape index (κ1) is 43.4. The maximum absolute atomic E-state index is 2.39. The monoisotopic (exact) mass is 918 g/mol. The Morgan fingerprint density at radius 1 is 0.139 bits per heavy atom. The van der Waals surface area contributed by atoms with E-state index in [4.69, 9.17) is 0 Å². The van der Waals surface area contributed by atoms with Gasteiger partial charge in [0, 0.05) is 35.5 Å². The summed E-state index contributed by atoms with van der Waals surface area (Å²) >= 11 is 0. The summed E-state index contributed by atoms with van der Waals surface area (Å²) < 4.78 is 0. The third-order valence-corrected chi connectivity index (χ3v) is 15.5. The van der Waals surface area contributed by atoms with Crippen LogP contribution < -0.4 is 0 Å². The number of hydrogen-bond acceptors (Lipinski definition) is 0. The molecule has 0 aliphatic heterocycles. The molecule has 0 radical (unpaired) electrons. The van der Waals surface area contributed by atoms with Gasteiger partial charge in [-0.15, -0.1) is 0 Å². The summed E-state index contributed by atoms with van der Waals surface area (Å²) in [7, 11) is 0. The maximum Gasteiger partial charge on any atom is 0.0204 e. The molecule has 0 heteroatoms. The van der Waals surface area contributed by atoms with Crippen LogP contribution in [0.2, 0.25) is 0 Å². The first-order valence-electron chi connectivity index (χ1n) is 25.7. The van der Waals surface area contributed by atoms with E-state index in [1.165, 1.54) is 100 Å². The van der Waals surface area contributed by atoms with E-state index in [-0.39, 0.29) is 35.5 Å². The molecule has 6 aliphatic rings. The summed E-state index contributed by atoms with van der Waals surface area (Å²) in [5.41, 5.74) is 22.2. The Bertz CT molecular complexity index is 2850. The molecule has 0 spiro atoms. The van der Waals surface area contributed by atoms with Crippen molar-refractivity contribution in [3.05, 3.63) is 325 Å². The first-order valence-corrected chi connectivity index (χ1v) is 25.7. The van der Waals surface area contributed by atoms with E-state index >= 15 is 0 Å². The second kappa shape index (κ2) is 19.0. The number of benzene rings is 7. The van der Waals surface area contributed by atoms with Crippen LogP contribution in [0.25, 0.3) is 66.8 Å². The molecule has 13 rings (SSSR count). The highest BCUT2D eigenvalue weighted by molar-refractivity contribution is 6.15. The average molecular weight is 919 g/mol. The molecule has 6 aliphatic carbocycles. The molecule has 0 unspecified atom stereocenters. The fourth-order valence-electron chi connectivity index (χ4n) is 11.6. The third-order valence-electron chi connectivity index (χ3n) is 15.5. The Labute approximate surface area is 424 Å². The lowest BCUT2D eigenvalue weighted by molar-refractivity contribution is 1.10. The third kappa shape index (κ3) is 8.19. The van der Waals surface area contributed by atoms with Crippen molar-refractivity contribution >= 4 is 0 Å². The highest BCUT2D eigenvalue weighted by Crippen LogP contribution is 2.56. The van der Waals surface area contributed by atoms with Crippen molar-refractivity contribution in [3.8, 4) is 66.8 Å². The molecule has 0 fully saturated rings. The molecule has 0 bridgehead atoms. The van der Waals surface area contributed by atoms with Gasteiger partial charge in [-0.25, -0.2) is 0 Å². The van der Waals surface area contributed by atoms with E-state index in [0.717, 1.165) is 0 Å². The van der Waals surface area contributed by atoms with Crippen molar-refractivity contribution in [2.24, 2.45) is 0 Å². The van der Waals surface area contributed by atoms with E-state index in [1.54, 1.807) is 0 Å². The van der Waals surface area contributed by atoms with E-state index in [9.17, 15) is 0 Å². The Morgan fingerprint density at radius 3 is 0.361 bits per heavy atom. The molecule has 7 aromatic carbocycles. The second-order valence-corrected chi connectivity index (χ2v) is 19.8. The summed E-state index contributed by atoms with van der Waals surface area (Å²) in [6.07, 6.45) is 53.4. The van der Waals surface area contributed by atoms with Gasteiger partial charge < -0.3 is 0 Å². The minimum Gasteiger partial charge on any atom is -0.0732 e. The second-order valence-electron chi connectivity index (χ2n) is 19.8. The van der Waals surface area contributed by atoms with Gasteiger partial charge in [0.05, 0.1) is 0 Å². The van der Waals surface area contributed by atoms with Crippen LogP contribution in [0, 0.1) is 0 Å². The van der Waals surface area contributed by atoms with Crippen molar-refractivity contribution in [1.29, 1.82) is 0 Å². The van der Waals surface area contributed by atoms with Gasteiger partial charge in [-0.05, 0) is 100 Å². The van der Waals surface area contributed by atoms with Crippen LogP contribution in [0.3, 0.4) is 0 Å². The van der Waals surface area contributed by atoms with Gasteiger partial charge in [0.1, 0.15) is 0 Å². The van der Waals surface area contributed by atoms with Crippen LogP contribution in [0.15, 0.2) is 291 Å². The Kier molecular flexibility index (Phi) is 11.4. The van der Waals surface area contributed by atoms with Gasteiger partial charge in [0.25, 0.3) is 0 Å². The van der Waals surface area contributed by atoms with Gasteiger partial charge in [-0.1, -0.05) is 291 Å². The number of allylic oxidation sites excluding steroid dienone is 24. The van der Waals surface area contributed by atoms with Crippen LogP contribution in [0.4, 0.5) is 0 Å². The molecule has 342 valence electrons. The van der Waals surface area contributed by atoms with Crippen molar-refractivity contribution in [3.63, 3.8) is 0 Å². The first-order chi connectivity index (χ1) is 35.7. The zero-order valence-electron chi connectivity index (χ0n) is 40.2. The molecule has 0 saturated heterocycles. The van der Waals surface area contributed by atoms with E-state index in [0.29, 0.717) is 0 Å². The zero-order valence-corrected chi connectivity index (χ0v) is 40.2. The van der Waals surface area contributed by atoms with Gasteiger partial charge in [-0.2, -0.15) is 0 Å². The molecule has 0 saturated carbocycles. The standard InChI is InChI=1S/C72H54/c1-2-14-49(13-1)55-25-37-61(38-26-55)67-68(62-39-27-56(28-40-62)50-15-3-4-16-50)70(64-43-31-58(32-44-64)52-19-7-8-20-52)72(66-47-35-60(36-48-66)54-23-11-12-24-54)71(65-45-33-59(34-46-65)53-21-9-10-22-53)69(67)63-41-29-57(30-42-63)51-17-5-6-18-51/h1-54H. The normalized spacial score (nSPS) is 17.0. The van der Waals surface area contributed by atoms with Crippen LogP contribution in [-0.2, 0) is 0 Å². The molecule has 0 heterocycles.